The van der Waals surface area contributed by atoms with Crippen LogP contribution >= 0.6 is 46.4 Å². The molecule has 0 unspecified atom stereocenters. The summed E-state index contributed by atoms with van der Waals surface area (Å²) in [5.41, 5.74) is 1.05. The highest BCUT2D eigenvalue weighted by Crippen LogP contribution is 2.30. The van der Waals surface area contributed by atoms with Crippen molar-refractivity contribution in [2.45, 2.75) is 35.6 Å². The second-order valence-corrected chi connectivity index (χ2v) is 11.6. The quantitative estimate of drug-likeness (QED) is 0.0575. The van der Waals surface area contributed by atoms with E-state index >= 15 is 0 Å². The number of carbonyl (C=O) groups excluding carboxylic acids is 5. The number of halogens is 4. The van der Waals surface area contributed by atoms with Crippen LogP contribution in [0.15, 0.2) is 60.4 Å². The Morgan fingerprint density at radius 3 is 1.47 bits per heavy atom. The molecule has 0 fully saturated rings. The van der Waals surface area contributed by atoms with Crippen LogP contribution in [-0.2, 0) is 24.0 Å². The number of esters is 2. The molecule has 16 heteroatoms. The van der Waals surface area contributed by atoms with Gasteiger partial charge < -0.3 is 34.7 Å². The lowest BCUT2D eigenvalue weighted by atomic mass is 10.1. The number of amides is 2. The van der Waals surface area contributed by atoms with E-state index in [2.05, 4.69) is 10.6 Å². The number of aliphatic hydroxyl groups excluding tert-OH is 1. The molecule has 0 saturated heterocycles. The Hall–Kier alpha value is -4.23. The van der Waals surface area contributed by atoms with Crippen molar-refractivity contribution in [2.24, 2.45) is 0 Å². The second kappa shape index (κ2) is 18.8. The number of benzene rings is 2. The van der Waals surface area contributed by atoms with Gasteiger partial charge in [0.15, 0.2) is 38.5 Å². The van der Waals surface area contributed by atoms with Crippen LogP contribution in [0.1, 0.15) is 25.0 Å². The van der Waals surface area contributed by atoms with E-state index in [-0.39, 0.29) is 28.8 Å². The lowest BCUT2D eigenvalue weighted by Gasteiger charge is -2.15. The van der Waals surface area contributed by atoms with Crippen molar-refractivity contribution in [3.05, 3.63) is 71.5 Å². The van der Waals surface area contributed by atoms with Gasteiger partial charge in [-0.3, -0.25) is 14.4 Å². The Balaban J connectivity index is 2.04. The van der Waals surface area contributed by atoms with E-state index in [1.54, 1.807) is 12.1 Å². The summed E-state index contributed by atoms with van der Waals surface area (Å²) in [6, 6.07) is 6.94. The van der Waals surface area contributed by atoms with Gasteiger partial charge in [-0.15, -0.1) is 0 Å². The monoisotopic (exact) mass is 730 g/mol. The van der Waals surface area contributed by atoms with Gasteiger partial charge in [-0.2, -0.15) is 0 Å². The smallest absolute Gasteiger partial charge is 0.333 e. The van der Waals surface area contributed by atoms with Gasteiger partial charge in [0, 0.05) is 6.08 Å². The number of rotatable bonds is 15. The van der Waals surface area contributed by atoms with E-state index in [1.807, 2.05) is 0 Å². The maximum Gasteiger partial charge on any atom is 0.333 e. The topological polar surface area (TPSA) is 167 Å². The van der Waals surface area contributed by atoms with Gasteiger partial charge in [-0.25, -0.2) is 9.59 Å². The molecular weight excluding hydrogens is 702 g/mol. The highest BCUT2D eigenvalue weighted by molar-refractivity contribution is 6.54. The number of methoxy groups -OCH3 is 2. The van der Waals surface area contributed by atoms with Crippen molar-refractivity contribution < 1.29 is 48.0 Å². The fraction of sp³-hybridized carbons (Fsp3) is 0.258. The normalized spacial score (nSPS) is 12.9. The van der Waals surface area contributed by atoms with E-state index in [1.165, 1.54) is 76.6 Å². The number of hydrogen-bond donors (Lipinski definition) is 3. The zero-order valence-electron chi connectivity index (χ0n) is 25.3. The third-order valence-electron chi connectivity index (χ3n) is 5.79. The molecule has 0 aliphatic carbocycles. The van der Waals surface area contributed by atoms with Crippen molar-refractivity contribution in [1.82, 2.24) is 10.6 Å². The molecule has 0 heterocycles. The molecule has 0 bridgehead atoms. The van der Waals surface area contributed by atoms with Gasteiger partial charge in [0.05, 0.1) is 14.2 Å². The summed E-state index contributed by atoms with van der Waals surface area (Å²) in [5.74, 6) is -3.49. The number of alkyl halides is 4. The predicted molar refractivity (Wildman–Crippen MR) is 177 cm³/mol. The van der Waals surface area contributed by atoms with Crippen LogP contribution in [-0.4, -0.2) is 70.6 Å². The van der Waals surface area contributed by atoms with E-state index in [4.69, 9.17) is 65.4 Å². The molecule has 2 aromatic rings. The number of ether oxygens (including phenoxy) is 4. The Morgan fingerprint density at radius 1 is 0.681 bits per heavy atom. The molecule has 0 aliphatic heterocycles. The standard InChI is InChI=1S/C31H30Cl4N2O10/c1-16(36-28(40)26(32)33)30(42)46-22-11-7-18(13-24(22)44-3)5-9-20(38)15-21(39)10-6-19-8-12-23(25(14-19)45-4)47-31(43)17(2)37-29(41)27(34)35/h5-17,26-27,38H,1-4H3,(H,36,40)(H,37,41)/b9-5+,10-6+,20-15-/t16-,17-/m0/s1. The molecular formula is C31H30Cl4N2O10. The maximum atomic E-state index is 12.4. The van der Waals surface area contributed by atoms with Crippen LogP contribution in [0.2, 0.25) is 0 Å². The zero-order chi connectivity index (χ0) is 35.3. The summed E-state index contributed by atoms with van der Waals surface area (Å²) in [5, 5.41) is 14.8. The molecule has 2 amide bonds. The van der Waals surface area contributed by atoms with Gasteiger partial charge in [-0.1, -0.05) is 70.7 Å². The summed E-state index contributed by atoms with van der Waals surface area (Å²) in [6.07, 6.45) is 6.40. The fourth-order valence-electron chi connectivity index (χ4n) is 3.41. The van der Waals surface area contributed by atoms with Crippen molar-refractivity contribution in [2.75, 3.05) is 14.2 Å². The Kier molecular flexibility index (Phi) is 15.6. The summed E-state index contributed by atoms with van der Waals surface area (Å²) >= 11 is 21.9. The van der Waals surface area contributed by atoms with Crippen LogP contribution in [0.4, 0.5) is 0 Å². The summed E-state index contributed by atoms with van der Waals surface area (Å²) in [6.45, 7) is 2.79. The van der Waals surface area contributed by atoms with E-state index in [0.29, 0.717) is 11.1 Å². The van der Waals surface area contributed by atoms with Gasteiger partial charge in [0.1, 0.15) is 17.8 Å². The number of aliphatic hydroxyl groups is 1. The van der Waals surface area contributed by atoms with E-state index < -0.39 is 51.3 Å². The minimum absolute atomic E-state index is 0.0659. The second-order valence-electron chi connectivity index (χ2n) is 9.36. The minimum Gasteiger partial charge on any atom is -0.508 e. The number of ketones is 1. The summed E-state index contributed by atoms with van der Waals surface area (Å²) < 4.78 is 21.1. The van der Waals surface area contributed by atoms with Crippen LogP contribution in [0.5, 0.6) is 23.0 Å². The number of nitrogens with one attached hydrogen (secondary N) is 2. The predicted octanol–water partition coefficient (Wildman–Crippen LogP) is 4.87. The molecule has 0 spiro atoms. The van der Waals surface area contributed by atoms with Crippen LogP contribution < -0.4 is 29.6 Å². The Bertz CT molecular complexity index is 1570. The SMILES string of the molecule is COc1cc(/C=C/C(=O)/C=C(O)/C=C/c2ccc(OC(=O)[C@H](C)NC(=O)C(Cl)Cl)c(OC)c2)ccc1OC(=O)[C@H](C)NC(=O)C(Cl)Cl. The van der Waals surface area contributed by atoms with Crippen LogP contribution in [0.3, 0.4) is 0 Å². The van der Waals surface area contributed by atoms with E-state index in [9.17, 15) is 29.1 Å². The zero-order valence-corrected chi connectivity index (χ0v) is 28.3. The molecule has 0 saturated carbocycles. The number of carbonyl (C=O) groups is 5. The van der Waals surface area contributed by atoms with Crippen molar-refractivity contribution in [1.29, 1.82) is 0 Å². The average Bonchev–Trinajstić information content (AvgIpc) is 3.03. The molecule has 0 aromatic heterocycles. The molecule has 0 aliphatic rings. The molecule has 2 rings (SSSR count). The van der Waals surface area contributed by atoms with Gasteiger partial charge in [0.25, 0.3) is 11.8 Å². The van der Waals surface area contributed by atoms with Gasteiger partial charge in [0.2, 0.25) is 0 Å². The molecule has 2 atom stereocenters. The molecule has 12 nitrogen and oxygen atoms in total. The first kappa shape index (κ1) is 39.0. The minimum atomic E-state index is -1.35. The van der Waals surface area contributed by atoms with Crippen molar-refractivity contribution in [3.8, 4) is 23.0 Å². The third-order valence-corrected chi connectivity index (χ3v) is 6.59. The number of allylic oxidation sites excluding steroid dienone is 3. The molecule has 0 radical (unpaired) electrons. The van der Waals surface area contributed by atoms with Crippen molar-refractivity contribution >= 4 is 88.1 Å². The van der Waals surface area contributed by atoms with E-state index in [0.717, 1.165) is 6.08 Å². The summed E-state index contributed by atoms with van der Waals surface area (Å²) in [4.78, 5) is 57.5. The first-order valence-electron chi connectivity index (χ1n) is 13.4. The Labute approximate surface area is 290 Å². The largest absolute Gasteiger partial charge is 0.508 e. The maximum absolute atomic E-state index is 12.4. The van der Waals surface area contributed by atoms with Crippen LogP contribution in [0.25, 0.3) is 12.2 Å². The van der Waals surface area contributed by atoms with Gasteiger partial charge in [-0.05, 0) is 61.4 Å². The highest BCUT2D eigenvalue weighted by Gasteiger charge is 2.23. The van der Waals surface area contributed by atoms with Gasteiger partial charge >= 0.3 is 11.9 Å². The molecule has 252 valence electrons. The van der Waals surface area contributed by atoms with Crippen molar-refractivity contribution in [3.63, 3.8) is 0 Å². The first-order chi connectivity index (χ1) is 22.1. The first-order valence-corrected chi connectivity index (χ1v) is 15.2. The fourth-order valence-corrected chi connectivity index (χ4v) is 3.66. The number of hydrogen-bond acceptors (Lipinski definition) is 10. The lowest BCUT2D eigenvalue weighted by Crippen LogP contribution is -2.42. The molecule has 47 heavy (non-hydrogen) atoms. The molecule has 2 aromatic carbocycles. The molecule has 3 N–H and O–H groups in total. The third kappa shape index (κ3) is 12.8. The Morgan fingerprint density at radius 2 is 1.09 bits per heavy atom. The highest BCUT2D eigenvalue weighted by atomic mass is 35.5. The lowest BCUT2D eigenvalue weighted by molar-refractivity contribution is -0.139. The average molecular weight is 732 g/mol. The summed E-state index contributed by atoms with van der Waals surface area (Å²) in [7, 11) is 2.71. The van der Waals surface area contributed by atoms with Crippen LogP contribution in [0, 0.1) is 0 Å².